The number of aromatic nitrogens is 2. The molecule has 1 aliphatic carbocycles. The topological polar surface area (TPSA) is 50.7 Å². The summed E-state index contributed by atoms with van der Waals surface area (Å²) in [4.78, 5) is 14.2. The monoisotopic (exact) mass is 388 g/mol. The quantitative estimate of drug-likeness (QED) is 0.773. The van der Waals surface area contributed by atoms with E-state index in [-0.39, 0.29) is 5.41 Å². The zero-order valence-corrected chi connectivity index (χ0v) is 17.8. The Morgan fingerprint density at radius 3 is 2.79 bits per heavy atom. The third kappa shape index (κ3) is 4.05. The molecular weight excluding hydrogens is 352 g/mol. The van der Waals surface area contributed by atoms with Crippen LogP contribution in [-0.4, -0.2) is 74.0 Å². The van der Waals surface area contributed by atoms with Crippen molar-refractivity contribution in [1.29, 1.82) is 0 Å². The molecule has 1 saturated carbocycles. The predicted octanol–water partition coefficient (Wildman–Crippen LogP) is 2.94. The number of hydrogen-bond acceptors (Lipinski definition) is 6. The van der Waals surface area contributed by atoms with Gasteiger partial charge in [0.05, 0.1) is 19.8 Å². The fraction of sp³-hybridized carbons (Fsp3) is 0.818. The van der Waals surface area contributed by atoms with Crippen molar-refractivity contribution in [2.24, 2.45) is 11.3 Å². The zero-order valence-electron chi connectivity index (χ0n) is 17.8. The largest absolute Gasteiger partial charge is 0.384 e. The standard InChI is InChI=1S/C22H36N4O2/c1-17(2)20-13-21(24-16-23-20)26-7-5-18-12-19(25-8-10-28-11-9-25)4-6-22(18,14-26)15-27-3/h13,16-19H,4-12,14-15H2,1-3H3/t18?,19?,22-/m0/s1. The molecule has 6 heteroatoms. The summed E-state index contributed by atoms with van der Waals surface area (Å²) in [5.41, 5.74) is 1.38. The van der Waals surface area contributed by atoms with Gasteiger partial charge >= 0.3 is 0 Å². The Morgan fingerprint density at radius 2 is 2.04 bits per heavy atom. The molecule has 0 radical (unpaired) electrons. The van der Waals surface area contributed by atoms with Gasteiger partial charge in [0.2, 0.25) is 0 Å². The van der Waals surface area contributed by atoms with Crippen LogP contribution in [-0.2, 0) is 9.47 Å². The van der Waals surface area contributed by atoms with Gasteiger partial charge in [0.15, 0.2) is 0 Å². The maximum absolute atomic E-state index is 5.78. The van der Waals surface area contributed by atoms with Crippen molar-refractivity contribution in [3.63, 3.8) is 0 Å². The molecule has 2 aliphatic heterocycles. The summed E-state index contributed by atoms with van der Waals surface area (Å²) in [5, 5.41) is 0. The van der Waals surface area contributed by atoms with E-state index in [1.807, 2.05) is 7.11 Å². The van der Waals surface area contributed by atoms with Crippen molar-refractivity contribution < 1.29 is 9.47 Å². The molecule has 0 amide bonds. The van der Waals surface area contributed by atoms with Gasteiger partial charge in [0.25, 0.3) is 0 Å². The summed E-state index contributed by atoms with van der Waals surface area (Å²) < 4.78 is 11.3. The average molecular weight is 389 g/mol. The van der Waals surface area contributed by atoms with Gasteiger partial charge in [0.1, 0.15) is 12.1 Å². The van der Waals surface area contributed by atoms with Gasteiger partial charge in [-0.3, -0.25) is 4.90 Å². The van der Waals surface area contributed by atoms with Crippen molar-refractivity contribution >= 4 is 5.82 Å². The molecule has 2 unspecified atom stereocenters. The smallest absolute Gasteiger partial charge is 0.132 e. The van der Waals surface area contributed by atoms with Gasteiger partial charge < -0.3 is 14.4 Å². The molecule has 28 heavy (non-hydrogen) atoms. The summed E-state index contributed by atoms with van der Waals surface area (Å²) in [6, 6.07) is 2.90. The van der Waals surface area contributed by atoms with E-state index in [4.69, 9.17) is 9.47 Å². The van der Waals surface area contributed by atoms with E-state index in [0.29, 0.717) is 5.92 Å². The minimum absolute atomic E-state index is 0.249. The fourth-order valence-corrected chi connectivity index (χ4v) is 5.60. The van der Waals surface area contributed by atoms with Crippen molar-refractivity contribution in [2.75, 3.05) is 58.0 Å². The van der Waals surface area contributed by atoms with Crippen LogP contribution in [0.4, 0.5) is 5.82 Å². The molecule has 156 valence electrons. The summed E-state index contributed by atoms with van der Waals surface area (Å²) >= 11 is 0. The molecule has 0 bridgehead atoms. The van der Waals surface area contributed by atoms with Crippen LogP contribution in [0.3, 0.4) is 0 Å². The van der Waals surface area contributed by atoms with Crippen molar-refractivity contribution in [1.82, 2.24) is 14.9 Å². The Balaban J connectivity index is 1.49. The van der Waals surface area contributed by atoms with Crippen molar-refractivity contribution in [2.45, 2.75) is 51.5 Å². The zero-order chi connectivity index (χ0) is 19.6. The van der Waals surface area contributed by atoms with Crippen LogP contribution in [0, 0.1) is 11.3 Å². The van der Waals surface area contributed by atoms with Crippen molar-refractivity contribution in [3.05, 3.63) is 18.1 Å². The Kier molecular flexibility index (Phi) is 6.18. The van der Waals surface area contributed by atoms with E-state index in [1.165, 1.54) is 25.7 Å². The van der Waals surface area contributed by atoms with E-state index in [1.54, 1.807) is 6.33 Å². The number of ether oxygens (including phenoxy) is 2. The Bertz CT molecular complexity index is 649. The molecule has 1 aromatic rings. The maximum Gasteiger partial charge on any atom is 0.132 e. The minimum atomic E-state index is 0.249. The van der Waals surface area contributed by atoms with E-state index in [9.17, 15) is 0 Å². The third-order valence-electron chi connectivity index (χ3n) is 7.23. The first-order valence-electron chi connectivity index (χ1n) is 11.0. The summed E-state index contributed by atoms with van der Waals surface area (Å²) in [7, 11) is 1.86. The van der Waals surface area contributed by atoms with Crippen molar-refractivity contribution in [3.8, 4) is 0 Å². The highest BCUT2D eigenvalue weighted by Gasteiger charge is 2.48. The molecule has 0 aromatic carbocycles. The van der Waals surface area contributed by atoms with Crippen LogP contribution >= 0.6 is 0 Å². The molecule has 0 N–H and O–H groups in total. The van der Waals surface area contributed by atoms with Gasteiger partial charge in [-0.2, -0.15) is 0 Å². The highest BCUT2D eigenvalue weighted by atomic mass is 16.5. The second-order valence-corrected chi connectivity index (χ2v) is 9.23. The Labute approximate surface area is 169 Å². The normalized spacial score (nSPS) is 31.8. The average Bonchev–Trinajstić information content (AvgIpc) is 2.74. The van der Waals surface area contributed by atoms with E-state index >= 15 is 0 Å². The molecule has 2 saturated heterocycles. The number of hydrogen-bond donors (Lipinski definition) is 0. The molecule has 0 spiro atoms. The molecular formula is C22H36N4O2. The SMILES string of the molecule is COC[C@@]12CCC(N3CCOCC3)CC1CCN(c1cc(C(C)C)ncn1)C2. The number of rotatable bonds is 5. The van der Waals surface area contributed by atoms with Gasteiger partial charge in [-0.1, -0.05) is 13.8 Å². The lowest BCUT2D eigenvalue weighted by Gasteiger charge is -2.54. The Hall–Kier alpha value is -1.24. The number of nitrogens with zero attached hydrogens (tertiary/aromatic N) is 4. The van der Waals surface area contributed by atoms with Gasteiger partial charge in [0, 0.05) is 56.5 Å². The molecule has 3 heterocycles. The highest BCUT2D eigenvalue weighted by molar-refractivity contribution is 5.41. The first kappa shape index (κ1) is 20.0. The van der Waals surface area contributed by atoms with Crippen LogP contribution in [0.1, 0.15) is 51.1 Å². The number of morpholine rings is 1. The summed E-state index contributed by atoms with van der Waals surface area (Å²) in [5.74, 6) is 2.25. The van der Waals surface area contributed by atoms with Crippen LogP contribution in [0.5, 0.6) is 0 Å². The second kappa shape index (κ2) is 8.64. The third-order valence-corrected chi connectivity index (χ3v) is 7.23. The summed E-state index contributed by atoms with van der Waals surface area (Å²) in [6.45, 7) is 11.4. The van der Waals surface area contributed by atoms with Crippen LogP contribution in [0.15, 0.2) is 12.4 Å². The molecule has 1 aromatic heterocycles. The lowest BCUT2D eigenvalue weighted by Crippen LogP contribution is -2.57. The van der Waals surface area contributed by atoms with E-state index in [2.05, 4.69) is 39.7 Å². The predicted molar refractivity (Wildman–Crippen MR) is 111 cm³/mol. The van der Waals surface area contributed by atoms with Gasteiger partial charge in [-0.15, -0.1) is 0 Å². The van der Waals surface area contributed by atoms with Gasteiger partial charge in [-0.25, -0.2) is 9.97 Å². The number of piperidine rings is 1. The summed E-state index contributed by atoms with van der Waals surface area (Å²) in [6.07, 6.45) is 6.78. The molecule has 3 atom stereocenters. The van der Waals surface area contributed by atoms with Gasteiger partial charge in [-0.05, 0) is 37.5 Å². The Morgan fingerprint density at radius 1 is 1.21 bits per heavy atom. The first-order valence-corrected chi connectivity index (χ1v) is 11.0. The number of anilines is 1. The highest BCUT2D eigenvalue weighted by Crippen LogP contribution is 2.48. The lowest BCUT2D eigenvalue weighted by molar-refractivity contribution is -0.0540. The van der Waals surface area contributed by atoms with Crippen LogP contribution < -0.4 is 4.90 Å². The maximum atomic E-state index is 5.78. The van der Waals surface area contributed by atoms with E-state index < -0.39 is 0 Å². The fourth-order valence-electron chi connectivity index (χ4n) is 5.60. The lowest BCUT2D eigenvalue weighted by atomic mass is 9.62. The first-order chi connectivity index (χ1) is 13.6. The second-order valence-electron chi connectivity index (χ2n) is 9.23. The molecule has 6 nitrogen and oxygen atoms in total. The molecule has 3 aliphatic rings. The minimum Gasteiger partial charge on any atom is -0.384 e. The molecule has 4 rings (SSSR count). The van der Waals surface area contributed by atoms with Crippen LogP contribution in [0.25, 0.3) is 0 Å². The molecule has 3 fully saturated rings. The number of methoxy groups -OCH3 is 1. The van der Waals surface area contributed by atoms with E-state index in [0.717, 1.165) is 69.5 Å². The number of fused-ring (bicyclic) bond motifs is 1. The van der Waals surface area contributed by atoms with Crippen LogP contribution in [0.2, 0.25) is 0 Å².